The highest BCUT2D eigenvalue weighted by molar-refractivity contribution is 7.27. The van der Waals surface area contributed by atoms with Crippen molar-refractivity contribution in [3.63, 3.8) is 0 Å². The van der Waals surface area contributed by atoms with E-state index in [2.05, 4.69) is 115 Å². The summed E-state index contributed by atoms with van der Waals surface area (Å²) < 4.78 is 5.55. The number of rotatable bonds is 0. The van der Waals surface area contributed by atoms with Gasteiger partial charge in [0.2, 0.25) is 6.71 Å². The Morgan fingerprint density at radius 3 is 1.37 bits per heavy atom. The van der Waals surface area contributed by atoms with Gasteiger partial charge in [-0.1, -0.05) is 120 Å². The van der Waals surface area contributed by atoms with E-state index in [0.717, 1.165) is 0 Å². The molecular formula is C38H19BS2. The van der Waals surface area contributed by atoms with E-state index in [1.165, 1.54) is 101 Å². The molecule has 0 N–H and O–H groups in total. The lowest BCUT2D eigenvalue weighted by atomic mass is 9.31. The Labute approximate surface area is 244 Å². The van der Waals surface area contributed by atoms with Gasteiger partial charge in [0, 0.05) is 40.3 Å². The van der Waals surface area contributed by atoms with Crippen LogP contribution in [0.25, 0.3) is 84.1 Å². The standard InChI is InChI=1S/C38H19BS2/c1-3-16-32-20(8-1)28-18-30-34-22(10-5-14-26(34)37(28)40-32)24-12-7-13-25-23-11-6-15-27-35(23)31(39(30)36(24)25)19-29-21-9-2-4-17-33(21)41-38(27)29/h1-19H. The van der Waals surface area contributed by atoms with Gasteiger partial charge >= 0.3 is 0 Å². The van der Waals surface area contributed by atoms with Crippen LogP contribution in [0.1, 0.15) is 0 Å². The number of hydrogen-bond acceptors (Lipinski definition) is 2. The summed E-state index contributed by atoms with van der Waals surface area (Å²) >= 11 is 3.88. The lowest BCUT2D eigenvalue weighted by Gasteiger charge is -2.34. The van der Waals surface area contributed by atoms with E-state index in [-0.39, 0.29) is 6.71 Å². The summed E-state index contributed by atoms with van der Waals surface area (Å²) in [4.78, 5) is 0. The zero-order valence-electron chi connectivity index (χ0n) is 21.9. The van der Waals surface area contributed by atoms with Gasteiger partial charge in [-0.3, -0.25) is 0 Å². The molecule has 0 saturated carbocycles. The first-order valence-electron chi connectivity index (χ1n) is 14.2. The van der Waals surface area contributed by atoms with Crippen LogP contribution in [0.4, 0.5) is 0 Å². The Kier molecular flexibility index (Phi) is 3.77. The summed E-state index contributed by atoms with van der Waals surface area (Å²) in [6.45, 7) is 0.196. The molecule has 0 atom stereocenters. The van der Waals surface area contributed by atoms with Gasteiger partial charge in [0.25, 0.3) is 0 Å². The predicted molar refractivity (Wildman–Crippen MR) is 183 cm³/mol. The summed E-state index contributed by atoms with van der Waals surface area (Å²) in [5.74, 6) is 0. The quantitative estimate of drug-likeness (QED) is 0.165. The molecule has 0 nitrogen and oxygen atoms in total. The van der Waals surface area contributed by atoms with E-state index in [9.17, 15) is 0 Å². The molecule has 0 amide bonds. The number of benzene rings is 7. The molecular weight excluding hydrogens is 531 g/mol. The van der Waals surface area contributed by atoms with E-state index in [1.54, 1.807) is 0 Å². The van der Waals surface area contributed by atoms with Crippen molar-refractivity contribution in [2.24, 2.45) is 0 Å². The zero-order valence-corrected chi connectivity index (χ0v) is 23.5. The molecule has 0 unspecified atom stereocenters. The van der Waals surface area contributed by atoms with Crippen LogP contribution in [0.15, 0.2) is 115 Å². The number of thiophene rings is 2. The van der Waals surface area contributed by atoms with Crippen LogP contribution in [0.3, 0.4) is 0 Å². The third-order valence-electron chi connectivity index (χ3n) is 9.66. The zero-order chi connectivity index (χ0) is 26.4. The first kappa shape index (κ1) is 21.3. The fourth-order valence-electron chi connectivity index (χ4n) is 8.11. The van der Waals surface area contributed by atoms with Gasteiger partial charge in [0.05, 0.1) is 0 Å². The maximum atomic E-state index is 2.56. The molecule has 0 bridgehead atoms. The van der Waals surface area contributed by atoms with Gasteiger partial charge < -0.3 is 0 Å². The molecule has 4 heterocycles. The average molecular weight is 551 g/mol. The third-order valence-corrected chi connectivity index (χ3v) is 12.1. The highest BCUT2D eigenvalue weighted by atomic mass is 32.1. The molecule has 41 heavy (non-hydrogen) atoms. The monoisotopic (exact) mass is 550 g/mol. The molecule has 186 valence electrons. The first-order valence-corrected chi connectivity index (χ1v) is 15.9. The summed E-state index contributed by atoms with van der Waals surface area (Å²) in [5, 5.41) is 11.2. The minimum atomic E-state index is 0.196. The maximum absolute atomic E-state index is 2.56. The normalized spacial score (nSPS) is 13.3. The van der Waals surface area contributed by atoms with Crippen molar-refractivity contribution in [3.8, 4) is 22.3 Å². The molecule has 0 aliphatic carbocycles. The topological polar surface area (TPSA) is 0 Å². The second kappa shape index (κ2) is 7.25. The van der Waals surface area contributed by atoms with Gasteiger partial charge in [-0.05, 0) is 55.9 Å². The van der Waals surface area contributed by atoms with Crippen LogP contribution >= 0.6 is 22.7 Å². The Bertz CT molecular complexity index is 2470. The van der Waals surface area contributed by atoms with Crippen molar-refractivity contribution < 1.29 is 0 Å². The first-order chi connectivity index (χ1) is 20.3. The second-order valence-corrected chi connectivity index (χ2v) is 13.6. The van der Waals surface area contributed by atoms with E-state index in [1.807, 2.05) is 22.7 Å². The molecule has 2 aliphatic rings. The Hall–Kier alpha value is -4.44. The van der Waals surface area contributed by atoms with Gasteiger partial charge in [0.15, 0.2) is 0 Å². The summed E-state index contributed by atoms with van der Waals surface area (Å²) in [6, 6.07) is 43.9. The van der Waals surface area contributed by atoms with E-state index < -0.39 is 0 Å². The Morgan fingerprint density at radius 1 is 0.390 bits per heavy atom. The molecule has 0 radical (unpaired) electrons. The number of hydrogen-bond donors (Lipinski definition) is 0. The molecule has 0 fully saturated rings. The third kappa shape index (κ3) is 2.46. The van der Waals surface area contributed by atoms with Crippen molar-refractivity contribution in [2.75, 3.05) is 0 Å². The van der Waals surface area contributed by atoms with E-state index >= 15 is 0 Å². The smallest absolute Gasteiger partial charge is 0.135 e. The molecule has 2 aliphatic heterocycles. The minimum Gasteiger partial charge on any atom is -0.135 e. The van der Waals surface area contributed by atoms with Crippen molar-refractivity contribution in [1.82, 2.24) is 0 Å². The van der Waals surface area contributed by atoms with Crippen LogP contribution < -0.4 is 16.4 Å². The summed E-state index contributed by atoms with van der Waals surface area (Å²) in [6.07, 6.45) is 0. The lowest BCUT2D eigenvalue weighted by Crippen LogP contribution is -2.57. The van der Waals surface area contributed by atoms with E-state index in [4.69, 9.17) is 0 Å². The highest BCUT2D eigenvalue weighted by Crippen LogP contribution is 2.45. The average Bonchev–Trinajstić information content (AvgIpc) is 3.59. The van der Waals surface area contributed by atoms with Crippen LogP contribution in [0, 0.1) is 0 Å². The summed E-state index contributed by atoms with van der Waals surface area (Å²) in [5.41, 5.74) is 9.94. The van der Waals surface area contributed by atoms with Crippen LogP contribution in [0.2, 0.25) is 0 Å². The molecule has 7 aromatic carbocycles. The van der Waals surface area contributed by atoms with Crippen molar-refractivity contribution >= 4 is 108 Å². The Morgan fingerprint density at radius 2 is 0.829 bits per heavy atom. The SMILES string of the molecule is c1cc2c3c(c1)-c1cccc4c1c(cc1c5ccccc5sc41)B3c1cc3c4ccccc4sc3c3cccc-2c13. The number of fused-ring (bicyclic) bond motifs is 12. The fourth-order valence-corrected chi connectivity index (χ4v) is 10.5. The molecule has 2 aromatic heterocycles. The van der Waals surface area contributed by atoms with Gasteiger partial charge in [-0.25, -0.2) is 0 Å². The second-order valence-electron chi connectivity index (χ2n) is 11.5. The molecule has 0 spiro atoms. The van der Waals surface area contributed by atoms with Crippen LogP contribution in [-0.2, 0) is 0 Å². The molecule has 9 aromatic rings. The largest absolute Gasteiger partial charge is 0.244 e. The molecule has 11 rings (SSSR count). The molecule has 3 heteroatoms. The summed E-state index contributed by atoms with van der Waals surface area (Å²) in [7, 11) is 0. The van der Waals surface area contributed by atoms with Crippen LogP contribution in [-0.4, -0.2) is 6.71 Å². The maximum Gasteiger partial charge on any atom is 0.244 e. The Balaban J connectivity index is 1.40. The fraction of sp³-hybridized carbons (Fsp3) is 0. The van der Waals surface area contributed by atoms with Gasteiger partial charge in [0.1, 0.15) is 0 Å². The van der Waals surface area contributed by atoms with Crippen LogP contribution in [0.5, 0.6) is 0 Å². The van der Waals surface area contributed by atoms with Gasteiger partial charge in [-0.15, -0.1) is 22.7 Å². The minimum absolute atomic E-state index is 0.196. The molecule has 0 saturated heterocycles. The highest BCUT2D eigenvalue weighted by Gasteiger charge is 2.39. The van der Waals surface area contributed by atoms with Crippen molar-refractivity contribution in [2.45, 2.75) is 0 Å². The predicted octanol–water partition coefficient (Wildman–Crippen LogP) is 9.21. The van der Waals surface area contributed by atoms with Crippen molar-refractivity contribution in [3.05, 3.63) is 115 Å². The van der Waals surface area contributed by atoms with Gasteiger partial charge in [-0.2, -0.15) is 0 Å². The van der Waals surface area contributed by atoms with Crippen molar-refractivity contribution in [1.29, 1.82) is 0 Å². The van der Waals surface area contributed by atoms with E-state index in [0.29, 0.717) is 0 Å². The lowest BCUT2D eigenvalue weighted by molar-refractivity contribution is 1.64.